The van der Waals surface area contributed by atoms with E-state index >= 15 is 0 Å². The van der Waals surface area contributed by atoms with Crippen molar-refractivity contribution in [2.45, 2.75) is 19.4 Å². The van der Waals surface area contributed by atoms with Gasteiger partial charge in [0, 0.05) is 37.0 Å². The molecule has 0 bridgehead atoms. The van der Waals surface area contributed by atoms with Crippen molar-refractivity contribution in [3.63, 3.8) is 0 Å². The Kier molecular flexibility index (Phi) is 3.77. The van der Waals surface area contributed by atoms with Crippen LogP contribution in [0.1, 0.15) is 22.3 Å². The number of ketones is 1. The van der Waals surface area contributed by atoms with Gasteiger partial charge in [0.2, 0.25) is 0 Å². The zero-order chi connectivity index (χ0) is 13.2. The van der Waals surface area contributed by atoms with E-state index in [1.807, 2.05) is 6.92 Å². The van der Waals surface area contributed by atoms with Crippen molar-refractivity contribution in [3.05, 3.63) is 29.6 Å². The summed E-state index contributed by atoms with van der Waals surface area (Å²) in [5, 5.41) is 3.07. The summed E-state index contributed by atoms with van der Waals surface area (Å²) in [5.41, 5.74) is 1.44. The number of carbonyl (C=O) groups excluding carboxylic acids is 1. The zero-order valence-electron chi connectivity index (χ0n) is 10.2. The number of Topliss-reactive ketones (excluding diaryl/α,β-unsaturated/α-hetero) is 1. The first-order chi connectivity index (χ1) is 8.48. The van der Waals surface area contributed by atoms with E-state index in [1.165, 1.54) is 6.20 Å². The van der Waals surface area contributed by atoms with Crippen LogP contribution in [-0.2, 0) is 9.84 Å². The van der Waals surface area contributed by atoms with Gasteiger partial charge in [-0.15, -0.1) is 0 Å². The summed E-state index contributed by atoms with van der Waals surface area (Å²) in [6.45, 7) is 2.27. The Balaban J connectivity index is 2.06. The van der Waals surface area contributed by atoms with Crippen molar-refractivity contribution >= 4 is 15.6 Å². The van der Waals surface area contributed by atoms with Crippen LogP contribution in [0.2, 0.25) is 0 Å². The average molecular weight is 268 g/mol. The van der Waals surface area contributed by atoms with Gasteiger partial charge in [-0.3, -0.25) is 9.78 Å². The predicted molar refractivity (Wildman–Crippen MR) is 68.4 cm³/mol. The van der Waals surface area contributed by atoms with Crippen molar-refractivity contribution in [1.29, 1.82) is 0 Å². The van der Waals surface area contributed by atoms with Crippen LogP contribution in [0.3, 0.4) is 0 Å². The fourth-order valence-electron chi connectivity index (χ4n) is 2.09. The molecule has 18 heavy (non-hydrogen) atoms. The second kappa shape index (κ2) is 5.16. The normalized spacial score (nSPS) is 22.6. The summed E-state index contributed by atoms with van der Waals surface area (Å²) >= 11 is 0. The highest BCUT2D eigenvalue weighted by molar-refractivity contribution is 7.91. The molecule has 0 aliphatic carbocycles. The zero-order valence-corrected chi connectivity index (χ0v) is 11.0. The Morgan fingerprint density at radius 3 is 3.00 bits per heavy atom. The molecular weight excluding hydrogens is 252 g/mol. The van der Waals surface area contributed by atoms with E-state index in [0.29, 0.717) is 12.1 Å². The van der Waals surface area contributed by atoms with Crippen molar-refractivity contribution in [3.8, 4) is 0 Å². The monoisotopic (exact) mass is 268 g/mol. The van der Waals surface area contributed by atoms with Gasteiger partial charge in [-0.1, -0.05) is 0 Å². The summed E-state index contributed by atoms with van der Waals surface area (Å²) in [5.74, 6) is 0.136. The molecule has 0 radical (unpaired) electrons. The lowest BCUT2D eigenvalue weighted by Crippen LogP contribution is -2.46. The Labute approximate surface area is 107 Å². The van der Waals surface area contributed by atoms with E-state index in [2.05, 4.69) is 10.3 Å². The summed E-state index contributed by atoms with van der Waals surface area (Å²) in [4.78, 5) is 16.0. The first-order valence-corrected chi connectivity index (χ1v) is 7.68. The number of pyridine rings is 1. The molecular formula is C12H16N2O3S. The third kappa shape index (κ3) is 3.14. The number of hydrogen-bond donors (Lipinski definition) is 1. The van der Waals surface area contributed by atoms with Crippen LogP contribution in [0.15, 0.2) is 18.5 Å². The van der Waals surface area contributed by atoms with E-state index in [1.54, 1.807) is 12.3 Å². The molecule has 5 nitrogen and oxygen atoms in total. The highest BCUT2D eigenvalue weighted by atomic mass is 32.2. The third-order valence-electron chi connectivity index (χ3n) is 3.07. The highest BCUT2D eigenvalue weighted by Gasteiger charge is 2.26. The van der Waals surface area contributed by atoms with Crippen molar-refractivity contribution in [2.75, 3.05) is 18.1 Å². The second-order valence-electron chi connectivity index (χ2n) is 4.58. The van der Waals surface area contributed by atoms with Gasteiger partial charge in [-0.05, 0) is 18.6 Å². The molecule has 1 fully saturated rings. The molecule has 0 spiro atoms. The highest BCUT2D eigenvalue weighted by Crippen LogP contribution is 2.12. The minimum atomic E-state index is -3.00. The van der Waals surface area contributed by atoms with Crippen molar-refractivity contribution < 1.29 is 13.2 Å². The molecule has 0 aromatic carbocycles. The number of aromatic nitrogens is 1. The molecule has 0 amide bonds. The summed E-state index contributed by atoms with van der Waals surface area (Å²) in [6, 6.07) is 1.49. The minimum absolute atomic E-state index is 0.0397. The van der Waals surface area contributed by atoms with Gasteiger partial charge < -0.3 is 5.32 Å². The molecule has 2 rings (SSSR count). The number of sulfone groups is 1. The predicted octanol–water partition coefficient (Wildman–Crippen LogP) is 0.349. The topological polar surface area (TPSA) is 76.1 Å². The maximum absolute atomic E-state index is 12.1. The molecule has 1 N–H and O–H groups in total. The first-order valence-electron chi connectivity index (χ1n) is 5.85. The third-order valence-corrected chi connectivity index (χ3v) is 4.81. The number of carbonyl (C=O) groups is 1. The SMILES string of the molecule is Cc1ccncc1C(=O)CC1CS(=O)(=O)CCN1. The molecule has 1 aromatic rings. The van der Waals surface area contributed by atoms with Crippen molar-refractivity contribution in [1.82, 2.24) is 10.3 Å². The molecule has 1 atom stereocenters. The van der Waals surface area contributed by atoms with Crippen LogP contribution in [-0.4, -0.2) is 43.3 Å². The van der Waals surface area contributed by atoms with Gasteiger partial charge in [-0.2, -0.15) is 0 Å². The van der Waals surface area contributed by atoms with Crippen LogP contribution in [0, 0.1) is 6.92 Å². The van der Waals surface area contributed by atoms with E-state index in [0.717, 1.165) is 5.56 Å². The lowest BCUT2D eigenvalue weighted by molar-refractivity contribution is 0.0971. The van der Waals surface area contributed by atoms with Gasteiger partial charge in [0.1, 0.15) is 0 Å². The number of nitrogens with zero attached hydrogens (tertiary/aromatic N) is 1. The van der Waals surface area contributed by atoms with Gasteiger partial charge in [0.25, 0.3) is 0 Å². The standard InChI is InChI=1S/C12H16N2O3S/c1-9-2-3-13-7-11(9)12(15)6-10-8-18(16,17)5-4-14-10/h2-3,7,10,14H,4-6,8H2,1H3. The number of hydrogen-bond acceptors (Lipinski definition) is 5. The molecule has 98 valence electrons. The number of nitrogens with one attached hydrogen (secondary N) is 1. The molecule has 1 saturated heterocycles. The maximum atomic E-state index is 12.1. The smallest absolute Gasteiger partial charge is 0.166 e. The number of aryl methyl sites for hydroxylation is 1. The molecule has 1 aliphatic rings. The number of rotatable bonds is 3. The molecule has 6 heteroatoms. The van der Waals surface area contributed by atoms with E-state index in [9.17, 15) is 13.2 Å². The second-order valence-corrected chi connectivity index (χ2v) is 6.81. The Morgan fingerprint density at radius 1 is 1.56 bits per heavy atom. The molecule has 1 aromatic heterocycles. The largest absolute Gasteiger partial charge is 0.312 e. The average Bonchev–Trinajstić information content (AvgIpc) is 2.28. The molecule has 2 heterocycles. The van der Waals surface area contributed by atoms with Crippen LogP contribution in [0.25, 0.3) is 0 Å². The summed E-state index contributed by atoms with van der Waals surface area (Å²) in [6.07, 6.45) is 3.37. The molecule has 0 saturated carbocycles. The Morgan fingerprint density at radius 2 is 2.33 bits per heavy atom. The molecule has 1 unspecified atom stereocenters. The lowest BCUT2D eigenvalue weighted by Gasteiger charge is -2.23. The first kappa shape index (κ1) is 13.2. The fraction of sp³-hybridized carbons (Fsp3) is 0.500. The van der Waals surface area contributed by atoms with E-state index < -0.39 is 9.84 Å². The van der Waals surface area contributed by atoms with Crippen molar-refractivity contribution in [2.24, 2.45) is 0 Å². The van der Waals surface area contributed by atoms with E-state index in [4.69, 9.17) is 0 Å². The van der Waals surface area contributed by atoms with E-state index in [-0.39, 0.29) is 29.8 Å². The van der Waals surface area contributed by atoms with Crippen LogP contribution in [0.5, 0.6) is 0 Å². The minimum Gasteiger partial charge on any atom is -0.312 e. The van der Waals surface area contributed by atoms with Crippen LogP contribution >= 0.6 is 0 Å². The fourth-order valence-corrected chi connectivity index (χ4v) is 3.53. The quantitative estimate of drug-likeness (QED) is 0.800. The lowest BCUT2D eigenvalue weighted by atomic mass is 10.0. The van der Waals surface area contributed by atoms with Gasteiger partial charge >= 0.3 is 0 Å². The van der Waals surface area contributed by atoms with Crippen LogP contribution in [0.4, 0.5) is 0 Å². The van der Waals surface area contributed by atoms with Gasteiger partial charge in [-0.25, -0.2) is 8.42 Å². The Bertz CT molecular complexity index is 554. The van der Waals surface area contributed by atoms with Crippen LogP contribution < -0.4 is 5.32 Å². The van der Waals surface area contributed by atoms with Gasteiger partial charge in [0.05, 0.1) is 11.5 Å². The summed E-state index contributed by atoms with van der Waals surface area (Å²) < 4.78 is 23.0. The maximum Gasteiger partial charge on any atom is 0.166 e. The Hall–Kier alpha value is -1.27. The van der Waals surface area contributed by atoms with Gasteiger partial charge in [0.15, 0.2) is 15.6 Å². The summed E-state index contributed by atoms with van der Waals surface area (Å²) in [7, 11) is -3.00. The molecule has 1 aliphatic heterocycles.